The molecule has 118 valence electrons. The Kier molecular flexibility index (Phi) is 6.33. The molecule has 0 unspecified atom stereocenters. The summed E-state index contributed by atoms with van der Waals surface area (Å²) in [6.45, 7) is 2.98. The Bertz CT molecular complexity index is 431. The third-order valence-electron chi connectivity index (χ3n) is 4.37. The molecule has 0 bridgehead atoms. The molecule has 1 N–H and O–H groups in total. The predicted molar refractivity (Wildman–Crippen MR) is 86.1 cm³/mol. The molecule has 0 aliphatic heterocycles. The maximum atomic E-state index is 5.33. The average Bonchev–Trinajstić information content (AvgIpc) is 3.05. The standard InChI is InChI=1S/C17H28N2O2/c1-19(15-6-4-5-7-15)11-10-18-13-14-8-9-16(20-2)17(12-14)21-3/h8-9,12,15,18H,4-7,10-11,13H2,1-3H3. The van der Waals surface area contributed by atoms with Crippen LogP contribution in [-0.4, -0.2) is 45.3 Å². The van der Waals surface area contributed by atoms with Crippen LogP contribution in [0.1, 0.15) is 31.2 Å². The monoisotopic (exact) mass is 292 g/mol. The van der Waals surface area contributed by atoms with Crippen molar-refractivity contribution >= 4 is 0 Å². The van der Waals surface area contributed by atoms with Crippen LogP contribution in [0.2, 0.25) is 0 Å². The van der Waals surface area contributed by atoms with E-state index >= 15 is 0 Å². The summed E-state index contributed by atoms with van der Waals surface area (Å²) in [5, 5.41) is 3.51. The summed E-state index contributed by atoms with van der Waals surface area (Å²) in [5.41, 5.74) is 1.22. The number of nitrogens with one attached hydrogen (secondary N) is 1. The smallest absolute Gasteiger partial charge is 0.161 e. The molecule has 4 nitrogen and oxygen atoms in total. The maximum absolute atomic E-state index is 5.33. The molecule has 0 saturated heterocycles. The van der Waals surface area contributed by atoms with Gasteiger partial charge in [-0.15, -0.1) is 0 Å². The lowest BCUT2D eigenvalue weighted by atomic mass is 10.2. The molecule has 2 rings (SSSR count). The Labute approximate surface area is 128 Å². The highest BCUT2D eigenvalue weighted by Gasteiger charge is 2.18. The molecule has 1 aliphatic carbocycles. The number of ether oxygens (including phenoxy) is 2. The van der Waals surface area contributed by atoms with Crippen molar-refractivity contribution in [2.45, 2.75) is 38.3 Å². The summed E-state index contributed by atoms with van der Waals surface area (Å²) in [5.74, 6) is 1.57. The summed E-state index contributed by atoms with van der Waals surface area (Å²) in [4.78, 5) is 2.49. The second kappa shape index (κ2) is 8.25. The van der Waals surface area contributed by atoms with Gasteiger partial charge in [0.2, 0.25) is 0 Å². The van der Waals surface area contributed by atoms with Crippen molar-refractivity contribution in [3.8, 4) is 11.5 Å². The number of hydrogen-bond donors (Lipinski definition) is 1. The van der Waals surface area contributed by atoms with Gasteiger partial charge in [0.05, 0.1) is 14.2 Å². The molecular weight excluding hydrogens is 264 g/mol. The van der Waals surface area contributed by atoms with Gasteiger partial charge in [-0.25, -0.2) is 0 Å². The molecule has 0 heterocycles. The van der Waals surface area contributed by atoms with Crippen molar-refractivity contribution in [1.29, 1.82) is 0 Å². The molecule has 1 aromatic carbocycles. The van der Waals surface area contributed by atoms with Gasteiger partial charge in [0, 0.05) is 25.7 Å². The summed E-state index contributed by atoms with van der Waals surface area (Å²) in [7, 11) is 5.58. The fourth-order valence-electron chi connectivity index (χ4n) is 3.01. The van der Waals surface area contributed by atoms with Gasteiger partial charge < -0.3 is 19.7 Å². The molecule has 4 heteroatoms. The Morgan fingerprint density at radius 2 is 1.86 bits per heavy atom. The number of hydrogen-bond acceptors (Lipinski definition) is 4. The number of benzene rings is 1. The Morgan fingerprint density at radius 3 is 2.52 bits per heavy atom. The highest BCUT2D eigenvalue weighted by Crippen LogP contribution is 2.27. The Hall–Kier alpha value is -1.26. The first-order valence-electron chi connectivity index (χ1n) is 7.86. The molecule has 1 saturated carbocycles. The van der Waals surface area contributed by atoms with Crippen LogP contribution < -0.4 is 14.8 Å². The molecular formula is C17H28N2O2. The lowest BCUT2D eigenvalue weighted by Crippen LogP contribution is -2.35. The summed E-state index contributed by atoms with van der Waals surface area (Å²) >= 11 is 0. The number of likely N-dealkylation sites (N-methyl/N-ethyl adjacent to an activating group) is 1. The zero-order valence-corrected chi connectivity index (χ0v) is 13.5. The molecule has 21 heavy (non-hydrogen) atoms. The van der Waals surface area contributed by atoms with Gasteiger partial charge in [0.1, 0.15) is 0 Å². The van der Waals surface area contributed by atoms with Gasteiger partial charge in [-0.05, 0) is 37.6 Å². The van der Waals surface area contributed by atoms with E-state index in [2.05, 4.69) is 23.3 Å². The van der Waals surface area contributed by atoms with Crippen LogP contribution in [0.4, 0.5) is 0 Å². The van der Waals surface area contributed by atoms with E-state index in [-0.39, 0.29) is 0 Å². The van der Waals surface area contributed by atoms with Gasteiger partial charge in [0.15, 0.2) is 11.5 Å². The van der Waals surface area contributed by atoms with E-state index in [1.807, 2.05) is 12.1 Å². The minimum atomic E-state index is 0.780. The zero-order valence-electron chi connectivity index (χ0n) is 13.5. The summed E-state index contributed by atoms with van der Waals surface area (Å²) < 4.78 is 10.6. The molecule has 0 aromatic heterocycles. The van der Waals surface area contributed by atoms with Gasteiger partial charge in [-0.3, -0.25) is 0 Å². The van der Waals surface area contributed by atoms with Crippen molar-refractivity contribution < 1.29 is 9.47 Å². The van der Waals surface area contributed by atoms with Crippen LogP contribution in [0.25, 0.3) is 0 Å². The summed E-state index contributed by atoms with van der Waals surface area (Å²) in [6.07, 6.45) is 5.53. The van der Waals surface area contributed by atoms with E-state index in [9.17, 15) is 0 Å². The second-order valence-corrected chi connectivity index (χ2v) is 5.79. The van der Waals surface area contributed by atoms with Crippen LogP contribution in [0, 0.1) is 0 Å². The van der Waals surface area contributed by atoms with Crippen LogP contribution in [0.3, 0.4) is 0 Å². The topological polar surface area (TPSA) is 33.7 Å². The molecule has 0 atom stereocenters. The van der Waals surface area contributed by atoms with Crippen LogP contribution >= 0.6 is 0 Å². The average molecular weight is 292 g/mol. The largest absolute Gasteiger partial charge is 0.493 e. The fraction of sp³-hybridized carbons (Fsp3) is 0.647. The van der Waals surface area contributed by atoms with Crippen LogP contribution in [0.5, 0.6) is 11.5 Å². The Balaban J connectivity index is 1.73. The predicted octanol–water partition coefficient (Wildman–Crippen LogP) is 2.67. The molecule has 1 fully saturated rings. The minimum absolute atomic E-state index is 0.780. The molecule has 0 radical (unpaired) electrons. The Morgan fingerprint density at radius 1 is 1.14 bits per heavy atom. The van der Waals surface area contributed by atoms with Crippen molar-refractivity contribution in [1.82, 2.24) is 10.2 Å². The molecule has 1 aliphatic rings. The SMILES string of the molecule is COc1ccc(CNCCN(C)C2CCCC2)cc1OC. The van der Waals surface area contributed by atoms with Crippen molar-refractivity contribution in [3.05, 3.63) is 23.8 Å². The lowest BCUT2D eigenvalue weighted by molar-refractivity contribution is 0.245. The molecule has 0 spiro atoms. The fourth-order valence-corrected chi connectivity index (χ4v) is 3.01. The van der Waals surface area contributed by atoms with Crippen molar-refractivity contribution in [2.75, 3.05) is 34.4 Å². The maximum Gasteiger partial charge on any atom is 0.161 e. The third-order valence-corrected chi connectivity index (χ3v) is 4.37. The van der Waals surface area contributed by atoms with Crippen LogP contribution in [-0.2, 0) is 6.54 Å². The first-order valence-corrected chi connectivity index (χ1v) is 7.86. The van der Waals surface area contributed by atoms with E-state index in [1.54, 1.807) is 14.2 Å². The quantitative estimate of drug-likeness (QED) is 0.747. The van der Waals surface area contributed by atoms with E-state index in [4.69, 9.17) is 9.47 Å². The van der Waals surface area contributed by atoms with Gasteiger partial charge >= 0.3 is 0 Å². The van der Waals surface area contributed by atoms with E-state index in [0.29, 0.717) is 0 Å². The lowest BCUT2D eigenvalue weighted by Gasteiger charge is -2.24. The van der Waals surface area contributed by atoms with Gasteiger partial charge in [-0.1, -0.05) is 18.9 Å². The third kappa shape index (κ3) is 4.61. The second-order valence-electron chi connectivity index (χ2n) is 5.79. The van der Waals surface area contributed by atoms with Gasteiger partial charge in [-0.2, -0.15) is 0 Å². The zero-order chi connectivity index (χ0) is 15.1. The number of methoxy groups -OCH3 is 2. The van der Waals surface area contributed by atoms with E-state index in [1.165, 1.54) is 31.2 Å². The minimum Gasteiger partial charge on any atom is -0.493 e. The van der Waals surface area contributed by atoms with E-state index in [0.717, 1.165) is 37.2 Å². The number of nitrogens with zero attached hydrogens (tertiary/aromatic N) is 1. The summed E-state index contributed by atoms with van der Waals surface area (Å²) in [6, 6.07) is 6.87. The van der Waals surface area contributed by atoms with Crippen LogP contribution in [0.15, 0.2) is 18.2 Å². The highest BCUT2D eigenvalue weighted by molar-refractivity contribution is 5.42. The van der Waals surface area contributed by atoms with E-state index < -0.39 is 0 Å². The first kappa shape index (κ1) is 16.1. The van der Waals surface area contributed by atoms with Gasteiger partial charge in [0.25, 0.3) is 0 Å². The van der Waals surface area contributed by atoms with Crippen molar-refractivity contribution in [3.63, 3.8) is 0 Å². The molecule has 1 aromatic rings. The normalized spacial score (nSPS) is 15.6. The van der Waals surface area contributed by atoms with Crippen molar-refractivity contribution in [2.24, 2.45) is 0 Å². The first-order chi connectivity index (χ1) is 10.2. The molecule has 0 amide bonds. The number of rotatable bonds is 8. The highest BCUT2D eigenvalue weighted by atomic mass is 16.5.